The Kier molecular flexibility index (Phi) is 30.1. The van der Waals surface area contributed by atoms with Gasteiger partial charge in [0.05, 0.1) is 11.3 Å². The van der Waals surface area contributed by atoms with Crippen LogP contribution >= 0.6 is 0 Å². The molecule has 0 radical (unpaired) electrons. The number of phenolic OH excluding ortho intramolecular Hbond substituents is 2. The summed E-state index contributed by atoms with van der Waals surface area (Å²) < 4.78 is 0. The number of benzene rings is 2. The van der Waals surface area contributed by atoms with Crippen LogP contribution in [0.1, 0.15) is 235 Å². The topological polar surface area (TPSA) is 85.5 Å². The number of phenols is 2. The maximum absolute atomic E-state index is 13.9. The fraction of sp³-hybridized carbons (Fsp3) is 0.740. The summed E-state index contributed by atoms with van der Waals surface area (Å²) in [6.45, 7) is 7.92. The van der Waals surface area contributed by atoms with Gasteiger partial charge in [-0.15, -0.1) is 5.11 Å². The number of hydrogen-bond donors (Lipinski definition) is 2. The zero-order valence-corrected chi connectivity index (χ0v) is 36.7. The summed E-state index contributed by atoms with van der Waals surface area (Å²) in [4.78, 5) is 15.9. The molecule has 2 rings (SSSR count). The van der Waals surface area contributed by atoms with Crippen LogP contribution in [0.4, 0.5) is 11.4 Å². The lowest BCUT2D eigenvalue weighted by Crippen LogP contribution is -2.33. The van der Waals surface area contributed by atoms with E-state index in [1.165, 1.54) is 186 Å². The highest BCUT2D eigenvalue weighted by Gasteiger charge is 2.19. The number of nitrogens with zero attached hydrogens (tertiary/aromatic N) is 3. The molecule has 2 N–H and O–H groups in total. The Bertz CT molecular complexity index is 1240. The summed E-state index contributed by atoms with van der Waals surface area (Å²) >= 11 is 0. The van der Waals surface area contributed by atoms with E-state index in [1.807, 2.05) is 17.9 Å². The van der Waals surface area contributed by atoms with Crippen molar-refractivity contribution in [3.63, 3.8) is 0 Å². The minimum Gasteiger partial charge on any atom is -0.507 e. The number of carbonyl (C=O) groups is 1. The Labute approximate surface area is 344 Å². The average molecular weight is 776 g/mol. The molecule has 0 aliphatic rings. The zero-order chi connectivity index (χ0) is 40.3. The molecule has 0 atom stereocenters. The molecule has 0 spiro atoms. The first kappa shape index (κ1) is 49.3. The standard InChI is InChI=1S/C50H85N3O3/c1-4-6-8-10-12-14-16-18-20-22-24-26-28-30-32-34-40-53(41-35-33-31-29-27-25-23-21-19-17-15-13-11-9-7-5-2)50(56)46-43-45(37-39-48(46)54)51-52-47-42-44(3)36-38-49(47)55/h36-39,42-43,54-55H,4-35,40-41H2,1-3H3. The van der Waals surface area contributed by atoms with Gasteiger partial charge in [-0.1, -0.05) is 213 Å². The van der Waals surface area contributed by atoms with E-state index >= 15 is 0 Å². The second kappa shape index (κ2) is 34.2. The van der Waals surface area contributed by atoms with E-state index in [-0.39, 0.29) is 23.0 Å². The second-order valence-corrected chi connectivity index (χ2v) is 16.8. The summed E-state index contributed by atoms with van der Waals surface area (Å²) in [5.41, 5.74) is 2.08. The van der Waals surface area contributed by atoms with Crippen LogP contribution in [0.5, 0.6) is 11.5 Å². The molecule has 1 amide bonds. The lowest BCUT2D eigenvalue weighted by Gasteiger charge is -2.23. The summed E-state index contributed by atoms with van der Waals surface area (Å²) in [5, 5.41) is 29.5. The van der Waals surface area contributed by atoms with Gasteiger partial charge >= 0.3 is 0 Å². The maximum atomic E-state index is 13.9. The number of aryl methyl sites for hydroxylation is 1. The fourth-order valence-corrected chi connectivity index (χ4v) is 7.77. The predicted molar refractivity (Wildman–Crippen MR) is 240 cm³/mol. The molecule has 56 heavy (non-hydrogen) atoms. The Hall–Kier alpha value is -2.89. The molecule has 318 valence electrons. The van der Waals surface area contributed by atoms with E-state index in [0.29, 0.717) is 24.5 Å². The van der Waals surface area contributed by atoms with E-state index in [9.17, 15) is 15.0 Å². The molecule has 2 aromatic carbocycles. The highest BCUT2D eigenvalue weighted by molar-refractivity contribution is 5.97. The van der Waals surface area contributed by atoms with Gasteiger partial charge in [0.2, 0.25) is 0 Å². The Morgan fingerprint density at radius 1 is 0.464 bits per heavy atom. The molecular formula is C50H85N3O3. The smallest absolute Gasteiger partial charge is 0.257 e. The molecule has 0 saturated carbocycles. The van der Waals surface area contributed by atoms with Crippen molar-refractivity contribution in [3.05, 3.63) is 47.5 Å². The normalized spacial score (nSPS) is 11.6. The second-order valence-electron chi connectivity index (χ2n) is 16.8. The summed E-state index contributed by atoms with van der Waals surface area (Å²) in [7, 11) is 0. The Morgan fingerprint density at radius 3 is 1.21 bits per heavy atom. The van der Waals surface area contributed by atoms with Crippen LogP contribution in [0.25, 0.3) is 0 Å². The van der Waals surface area contributed by atoms with Crippen LogP contribution < -0.4 is 0 Å². The van der Waals surface area contributed by atoms with Gasteiger partial charge in [-0.05, 0) is 55.7 Å². The van der Waals surface area contributed by atoms with Crippen LogP contribution in [0.3, 0.4) is 0 Å². The first-order valence-electron chi connectivity index (χ1n) is 23.8. The van der Waals surface area contributed by atoms with Crippen molar-refractivity contribution in [2.45, 2.75) is 226 Å². The molecule has 6 nitrogen and oxygen atoms in total. The van der Waals surface area contributed by atoms with Crippen molar-refractivity contribution in [2.24, 2.45) is 10.2 Å². The number of carbonyl (C=O) groups excluding carboxylic acids is 1. The van der Waals surface area contributed by atoms with Gasteiger partial charge in [-0.2, -0.15) is 5.11 Å². The van der Waals surface area contributed by atoms with E-state index in [4.69, 9.17) is 0 Å². The van der Waals surface area contributed by atoms with E-state index in [0.717, 1.165) is 31.2 Å². The van der Waals surface area contributed by atoms with Crippen LogP contribution in [0.2, 0.25) is 0 Å². The molecule has 0 fully saturated rings. The minimum atomic E-state index is -0.139. The molecule has 0 bridgehead atoms. The van der Waals surface area contributed by atoms with Crippen molar-refractivity contribution in [1.82, 2.24) is 4.90 Å². The predicted octanol–water partition coefficient (Wildman–Crippen LogP) is 16.8. The zero-order valence-electron chi connectivity index (χ0n) is 36.7. The van der Waals surface area contributed by atoms with Crippen LogP contribution in [-0.2, 0) is 0 Å². The number of aromatic hydroxyl groups is 2. The number of rotatable bonds is 37. The third-order valence-electron chi connectivity index (χ3n) is 11.5. The molecule has 0 aliphatic carbocycles. The van der Waals surface area contributed by atoms with Gasteiger partial charge in [0, 0.05) is 13.1 Å². The van der Waals surface area contributed by atoms with Crippen LogP contribution in [-0.4, -0.2) is 34.1 Å². The Balaban J connectivity index is 1.75. The summed E-state index contributed by atoms with van der Waals surface area (Å²) in [6, 6.07) is 9.99. The van der Waals surface area contributed by atoms with Gasteiger partial charge < -0.3 is 15.1 Å². The van der Waals surface area contributed by atoms with Crippen molar-refractivity contribution >= 4 is 17.3 Å². The van der Waals surface area contributed by atoms with E-state index < -0.39 is 0 Å². The monoisotopic (exact) mass is 776 g/mol. The third kappa shape index (κ3) is 24.7. The molecular weight excluding hydrogens is 691 g/mol. The summed E-state index contributed by atoms with van der Waals surface area (Å²) in [5.74, 6) is -0.116. The number of azo groups is 1. The quantitative estimate of drug-likeness (QED) is 0.0529. The van der Waals surface area contributed by atoms with Crippen molar-refractivity contribution in [2.75, 3.05) is 13.1 Å². The number of hydrogen-bond acceptors (Lipinski definition) is 5. The van der Waals surface area contributed by atoms with Gasteiger partial charge in [0.1, 0.15) is 17.2 Å². The third-order valence-corrected chi connectivity index (χ3v) is 11.5. The summed E-state index contributed by atoms with van der Waals surface area (Å²) in [6.07, 6.45) is 42.4. The van der Waals surface area contributed by atoms with Crippen LogP contribution in [0, 0.1) is 6.92 Å². The highest BCUT2D eigenvalue weighted by atomic mass is 16.3. The SMILES string of the molecule is CCCCCCCCCCCCCCCCCCN(CCCCCCCCCCCCCCCCCC)C(=O)c1cc(N=Nc2cc(C)ccc2O)ccc1O. The number of amides is 1. The molecule has 0 aliphatic heterocycles. The molecule has 0 heterocycles. The van der Waals surface area contributed by atoms with Gasteiger partial charge in [0.25, 0.3) is 5.91 Å². The molecule has 6 heteroatoms. The molecule has 0 saturated heterocycles. The lowest BCUT2D eigenvalue weighted by molar-refractivity contribution is 0.0746. The number of unbranched alkanes of at least 4 members (excludes halogenated alkanes) is 30. The maximum Gasteiger partial charge on any atom is 0.257 e. The highest BCUT2D eigenvalue weighted by Crippen LogP contribution is 2.31. The van der Waals surface area contributed by atoms with Gasteiger partial charge in [0.15, 0.2) is 0 Å². The molecule has 0 aromatic heterocycles. The van der Waals surface area contributed by atoms with E-state index in [2.05, 4.69) is 24.1 Å². The molecule has 0 unspecified atom stereocenters. The minimum absolute atomic E-state index is 0.0312. The average Bonchev–Trinajstić information content (AvgIpc) is 3.20. The van der Waals surface area contributed by atoms with Crippen molar-refractivity contribution in [3.8, 4) is 11.5 Å². The molecule has 2 aromatic rings. The Morgan fingerprint density at radius 2 is 0.821 bits per heavy atom. The first-order chi connectivity index (χ1) is 27.5. The lowest BCUT2D eigenvalue weighted by atomic mass is 10.0. The largest absolute Gasteiger partial charge is 0.507 e. The van der Waals surface area contributed by atoms with Crippen LogP contribution in [0.15, 0.2) is 46.6 Å². The van der Waals surface area contributed by atoms with E-state index in [1.54, 1.807) is 24.3 Å². The van der Waals surface area contributed by atoms with Crippen molar-refractivity contribution in [1.29, 1.82) is 0 Å². The first-order valence-corrected chi connectivity index (χ1v) is 23.8. The van der Waals surface area contributed by atoms with Gasteiger partial charge in [-0.25, -0.2) is 0 Å². The van der Waals surface area contributed by atoms with Crippen molar-refractivity contribution < 1.29 is 15.0 Å². The fourth-order valence-electron chi connectivity index (χ4n) is 7.77. The van der Waals surface area contributed by atoms with Gasteiger partial charge in [-0.3, -0.25) is 4.79 Å².